The fourth-order valence-electron chi connectivity index (χ4n) is 4.15. The summed E-state index contributed by atoms with van der Waals surface area (Å²) in [7, 11) is -3.67. The van der Waals surface area contributed by atoms with Crippen molar-refractivity contribution in [2.45, 2.75) is 134 Å². The first kappa shape index (κ1) is 71.8. The highest BCUT2D eigenvalue weighted by Gasteiger charge is 2.27. The molecule has 1 aromatic carbocycles. The number of ether oxygens (including phenoxy) is 2. The van der Waals surface area contributed by atoms with Crippen molar-refractivity contribution >= 4 is 63.6 Å². The molecular weight excluding hydrogens is 907 g/mol. The summed E-state index contributed by atoms with van der Waals surface area (Å²) < 4.78 is 36.1. The summed E-state index contributed by atoms with van der Waals surface area (Å²) in [5.41, 5.74) is 5.78. The van der Waals surface area contributed by atoms with Crippen LogP contribution in [0.25, 0.3) is 0 Å². The second kappa shape index (κ2) is 46.9. The number of nitrogens with one attached hydrogen (secondary N) is 6. The van der Waals surface area contributed by atoms with Gasteiger partial charge in [-0.05, 0) is 49.3 Å². The summed E-state index contributed by atoms with van der Waals surface area (Å²) in [5.74, 6) is -0.297. The zero-order valence-electron chi connectivity index (χ0n) is 42.8. The Labute approximate surface area is 406 Å². The first-order chi connectivity index (χ1) is 31.8. The molecule has 0 heterocycles. The van der Waals surface area contributed by atoms with E-state index in [1.54, 1.807) is 45.0 Å². The summed E-state index contributed by atoms with van der Waals surface area (Å²) >= 11 is 0. The van der Waals surface area contributed by atoms with Gasteiger partial charge in [0.2, 0.25) is 30.0 Å². The van der Waals surface area contributed by atoms with Crippen molar-refractivity contribution in [1.29, 1.82) is 0 Å². The lowest BCUT2D eigenvalue weighted by Gasteiger charge is -2.22. The lowest BCUT2D eigenvalue weighted by molar-refractivity contribution is -0.144. The number of primary amides is 1. The number of ketones is 1. The van der Waals surface area contributed by atoms with Crippen LogP contribution in [0.15, 0.2) is 24.3 Å². The molecule has 21 nitrogen and oxygen atoms in total. The standard InChI is InChI=1S/C20H38N6O7.C11H13NO3.C9H18O.C3H8.C2H6.CH4O3S/c1-20(2,6-10-27)18(31)26-14-17(30)23-9-12-33-11-5-15(28)25-13-16(29)22-7-3-4-8-24-19(21)32;1-2-11(14)15-7-9-3-5-10(6-4-9)12-8-13;1-7(2)5-6-9(10)8(3)4;1-3-2;1-2;1-5(2,3)4/h27H,3-14H2,1-2H3,(H,22,29)(H,23,30)(H,25,28)(H,26,31)(H3,21,24,32);3-6,8H,2,7H2,1H3,(H,12,13);7-8H,5-6H2,1-4H3;3H2,1-2H3;1-2H3;1H3,(H,2,3,4). The van der Waals surface area contributed by atoms with Crippen molar-refractivity contribution < 1.29 is 65.9 Å². The molecule has 0 aliphatic rings. The van der Waals surface area contributed by atoms with Gasteiger partial charge in [-0.1, -0.05) is 94.7 Å². The predicted octanol–water partition coefficient (Wildman–Crippen LogP) is 4.02. The number of amides is 7. The fourth-order valence-corrected chi connectivity index (χ4v) is 4.15. The molecule has 0 saturated heterocycles. The molecule has 68 heavy (non-hydrogen) atoms. The minimum atomic E-state index is -3.67. The molecule has 0 atom stereocenters. The average Bonchev–Trinajstić information content (AvgIpc) is 3.26. The minimum Gasteiger partial charge on any atom is -0.461 e. The molecule has 0 aliphatic carbocycles. The molecule has 0 aromatic heterocycles. The van der Waals surface area contributed by atoms with Crippen LogP contribution in [-0.4, -0.2) is 125 Å². The number of rotatable bonds is 27. The number of nitrogens with two attached hydrogens (primary N) is 1. The molecule has 10 N–H and O–H groups in total. The van der Waals surface area contributed by atoms with Crippen LogP contribution in [0, 0.1) is 17.3 Å². The highest BCUT2D eigenvalue weighted by molar-refractivity contribution is 7.85. The second-order valence-corrected chi connectivity index (χ2v) is 17.3. The molecule has 1 rings (SSSR count). The van der Waals surface area contributed by atoms with Crippen molar-refractivity contribution in [2.24, 2.45) is 23.0 Å². The van der Waals surface area contributed by atoms with Crippen LogP contribution < -0.4 is 37.6 Å². The summed E-state index contributed by atoms with van der Waals surface area (Å²) in [6, 6.07) is 6.52. The molecule has 0 spiro atoms. The first-order valence-electron chi connectivity index (χ1n) is 23.0. The van der Waals surface area contributed by atoms with Crippen LogP contribution in [0.2, 0.25) is 0 Å². The molecule has 0 bridgehead atoms. The van der Waals surface area contributed by atoms with Crippen molar-refractivity contribution in [3.8, 4) is 0 Å². The Balaban J connectivity index is -0.000000307. The molecule has 0 aliphatic heterocycles. The van der Waals surface area contributed by atoms with Gasteiger partial charge >= 0.3 is 12.0 Å². The highest BCUT2D eigenvalue weighted by Crippen LogP contribution is 2.19. The maximum atomic E-state index is 11.9. The van der Waals surface area contributed by atoms with Crippen LogP contribution in [0.1, 0.15) is 133 Å². The van der Waals surface area contributed by atoms with Crippen LogP contribution in [0.4, 0.5) is 10.5 Å². The SMILES string of the molecule is CC.CC(C)(CCO)C(=O)NCC(=O)NCCOCCC(=O)NCC(=O)NCCCCNC(N)=O.CC(C)CCC(=O)C(C)C.CCC.CCC(=O)OCc1ccc(NC=O)cc1.CS(=O)(=O)O. The summed E-state index contributed by atoms with van der Waals surface area (Å²) in [6.45, 7) is 22.8. The number of carbonyl (C=O) groups is 8. The first-order valence-corrected chi connectivity index (χ1v) is 24.8. The maximum absolute atomic E-state index is 11.9. The van der Waals surface area contributed by atoms with Gasteiger partial charge in [0, 0.05) is 62.5 Å². The molecule has 0 saturated carbocycles. The van der Waals surface area contributed by atoms with Crippen LogP contribution in [0.5, 0.6) is 0 Å². The monoisotopic (exact) mass is 994 g/mol. The molecule has 0 radical (unpaired) electrons. The zero-order valence-corrected chi connectivity index (χ0v) is 43.7. The smallest absolute Gasteiger partial charge is 0.312 e. The van der Waals surface area contributed by atoms with Gasteiger partial charge in [0.1, 0.15) is 12.4 Å². The number of anilines is 1. The topological polar surface area (TPSA) is 328 Å². The number of hydrogen-bond donors (Lipinski definition) is 9. The third kappa shape index (κ3) is 56.9. The van der Waals surface area contributed by atoms with E-state index >= 15 is 0 Å². The van der Waals surface area contributed by atoms with Crippen LogP contribution in [0.3, 0.4) is 0 Å². The van der Waals surface area contributed by atoms with Crippen molar-refractivity contribution in [1.82, 2.24) is 26.6 Å². The van der Waals surface area contributed by atoms with E-state index in [0.717, 1.165) is 24.1 Å². The molecule has 396 valence electrons. The van der Waals surface area contributed by atoms with Crippen molar-refractivity contribution in [2.75, 3.05) is 64.1 Å². The highest BCUT2D eigenvalue weighted by atomic mass is 32.2. The summed E-state index contributed by atoms with van der Waals surface area (Å²) in [5, 5.41) is 24.1. The minimum absolute atomic E-state index is 0.0655. The molecule has 1 aromatic rings. The van der Waals surface area contributed by atoms with E-state index in [1.807, 2.05) is 27.7 Å². The van der Waals surface area contributed by atoms with Crippen molar-refractivity contribution in [3.05, 3.63) is 29.8 Å². The Morgan fingerprint density at radius 2 is 1.28 bits per heavy atom. The van der Waals surface area contributed by atoms with E-state index in [4.69, 9.17) is 24.9 Å². The largest absolute Gasteiger partial charge is 0.461 e. The van der Waals surface area contributed by atoms with Gasteiger partial charge in [0.25, 0.3) is 10.1 Å². The predicted molar refractivity (Wildman–Crippen MR) is 265 cm³/mol. The van der Waals surface area contributed by atoms with E-state index in [9.17, 15) is 46.8 Å². The molecular formula is C46H87N7O14S. The van der Waals surface area contributed by atoms with E-state index in [-0.39, 0.29) is 88.0 Å². The fraction of sp³-hybridized carbons (Fsp3) is 0.696. The number of Topliss-reactive ketones (excluding diaryl/α,β-unsaturated/α-hetero) is 1. The number of benzene rings is 1. The number of urea groups is 1. The van der Waals surface area contributed by atoms with Gasteiger partial charge in [0.15, 0.2) is 0 Å². The Hall–Kier alpha value is -5.19. The number of carbonyl (C=O) groups excluding carboxylic acids is 8. The number of esters is 1. The van der Waals surface area contributed by atoms with Crippen molar-refractivity contribution in [3.63, 3.8) is 0 Å². The Morgan fingerprint density at radius 1 is 0.779 bits per heavy atom. The quantitative estimate of drug-likeness (QED) is 0.0260. The summed E-state index contributed by atoms with van der Waals surface area (Å²) in [4.78, 5) is 89.5. The van der Waals surface area contributed by atoms with E-state index in [0.29, 0.717) is 63.1 Å². The van der Waals surface area contributed by atoms with Crippen LogP contribution in [-0.2, 0) is 59.8 Å². The second-order valence-electron chi connectivity index (χ2n) is 15.8. The summed E-state index contributed by atoms with van der Waals surface area (Å²) in [6.07, 6.45) is 6.46. The number of aliphatic hydroxyl groups excluding tert-OH is 1. The zero-order chi connectivity index (χ0) is 53.6. The van der Waals surface area contributed by atoms with Gasteiger partial charge < -0.3 is 52.2 Å². The number of aliphatic hydroxyl groups is 1. The third-order valence-electron chi connectivity index (χ3n) is 7.95. The van der Waals surface area contributed by atoms with Gasteiger partial charge in [-0.15, -0.1) is 0 Å². The maximum Gasteiger partial charge on any atom is 0.312 e. The lowest BCUT2D eigenvalue weighted by Crippen LogP contribution is -2.43. The van der Waals surface area contributed by atoms with Gasteiger partial charge in [0.05, 0.1) is 32.6 Å². The molecule has 0 unspecified atom stereocenters. The molecule has 0 fully saturated rings. The average molecular weight is 994 g/mol. The van der Waals surface area contributed by atoms with E-state index in [2.05, 4.69) is 59.6 Å². The van der Waals surface area contributed by atoms with Crippen LogP contribution >= 0.6 is 0 Å². The van der Waals surface area contributed by atoms with Gasteiger partial charge in [-0.2, -0.15) is 8.42 Å². The Bertz CT molecular complexity index is 1620. The van der Waals surface area contributed by atoms with E-state index < -0.39 is 21.6 Å². The van der Waals surface area contributed by atoms with E-state index in [1.165, 1.54) is 6.42 Å². The number of unbranched alkanes of at least 4 members (excludes halogenated alkanes) is 1. The van der Waals surface area contributed by atoms with Gasteiger partial charge in [-0.25, -0.2) is 4.79 Å². The Kier molecular flexibility index (Phi) is 49.5. The number of hydrogen-bond acceptors (Lipinski definition) is 13. The third-order valence-corrected chi connectivity index (χ3v) is 7.95. The lowest BCUT2D eigenvalue weighted by atomic mass is 9.89. The molecule has 7 amide bonds. The Morgan fingerprint density at radius 3 is 1.74 bits per heavy atom. The molecule has 22 heteroatoms. The van der Waals surface area contributed by atoms with Gasteiger partial charge in [-0.3, -0.25) is 38.1 Å². The normalized spacial score (nSPS) is 10.1.